The van der Waals surface area contributed by atoms with Crippen molar-refractivity contribution < 1.29 is 5.11 Å². The van der Waals surface area contributed by atoms with Crippen molar-refractivity contribution in [1.82, 2.24) is 0 Å². The van der Waals surface area contributed by atoms with Gasteiger partial charge in [0.15, 0.2) is 0 Å². The summed E-state index contributed by atoms with van der Waals surface area (Å²) < 4.78 is 0. The second kappa shape index (κ2) is 5.90. The monoisotopic (exact) mass is 283 g/mol. The van der Waals surface area contributed by atoms with Crippen molar-refractivity contribution in [3.05, 3.63) is 65.7 Å². The molecule has 2 N–H and O–H groups in total. The van der Waals surface area contributed by atoms with Crippen molar-refractivity contribution in [1.29, 1.82) is 0 Å². The Morgan fingerprint density at radius 3 is 1.90 bits per heavy atom. The van der Waals surface area contributed by atoms with E-state index in [2.05, 4.69) is 50.4 Å². The molecule has 0 bridgehead atoms. The van der Waals surface area contributed by atoms with E-state index < -0.39 is 5.60 Å². The first-order chi connectivity index (χ1) is 9.79. The molecule has 2 aromatic carbocycles. The molecule has 0 spiro atoms. The topological polar surface area (TPSA) is 32.3 Å². The molecular weight excluding hydrogens is 258 g/mol. The van der Waals surface area contributed by atoms with Crippen LogP contribution in [-0.2, 0) is 11.0 Å². The van der Waals surface area contributed by atoms with Gasteiger partial charge in [0.1, 0.15) is 5.60 Å². The number of benzene rings is 2. The number of aliphatic hydroxyl groups is 1. The summed E-state index contributed by atoms with van der Waals surface area (Å²) in [4.78, 5) is 0. The van der Waals surface area contributed by atoms with E-state index >= 15 is 0 Å². The predicted molar refractivity (Wildman–Crippen MR) is 89.6 cm³/mol. The molecule has 0 amide bonds. The van der Waals surface area contributed by atoms with Crippen LogP contribution in [0.15, 0.2) is 54.6 Å². The third-order valence-electron chi connectivity index (χ3n) is 3.78. The van der Waals surface area contributed by atoms with Gasteiger partial charge in [-0.25, -0.2) is 0 Å². The SMILES string of the molecule is CC(C)(C)c1ccc(NCC(C)(O)c2ccccc2)cc1. The van der Waals surface area contributed by atoms with E-state index in [1.165, 1.54) is 5.56 Å². The van der Waals surface area contributed by atoms with Crippen LogP contribution in [0, 0.1) is 0 Å². The lowest BCUT2D eigenvalue weighted by atomic mass is 9.87. The number of rotatable bonds is 4. The highest BCUT2D eigenvalue weighted by Crippen LogP contribution is 2.25. The molecule has 0 aliphatic heterocycles. The zero-order chi connectivity index (χ0) is 15.5. The Morgan fingerprint density at radius 2 is 1.38 bits per heavy atom. The van der Waals surface area contributed by atoms with Crippen LogP contribution in [0.2, 0.25) is 0 Å². The van der Waals surface area contributed by atoms with E-state index in [0.717, 1.165) is 11.3 Å². The van der Waals surface area contributed by atoms with Gasteiger partial charge in [0.05, 0.1) is 0 Å². The van der Waals surface area contributed by atoms with E-state index in [4.69, 9.17) is 0 Å². The van der Waals surface area contributed by atoms with Crippen molar-refractivity contribution in [2.24, 2.45) is 0 Å². The lowest BCUT2D eigenvalue weighted by Gasteiger charge is -2.25. The molecule has 0 aliphatic carbocycles. The maximum atomic E-state index is 10.6. The van der Waals surface area contributed by atoms with Gasteiger partial charge in [-0.2, -0.15) is 0 Å². The first-order valence-corrected chi connectivity index (χ1v) is 7.41. The summed E-state index contributed by atoms with van der Waals surface area (Å²) in [5, 5.41) is 13.9. The lowest BCUT2D eigenvalue weighted by Crippen LogP contribution is -2.30. The van der Waals surface area contributed by atoms with Crippen LogP contribution < -0.4 is 5.32 Å². The van der Waals surface area contributed by atoms with Crippen LogP contribution in [0.25, 0.3) is 0 Å². The summed E-state index contributed by atoms with van der Waals surface area (Å²) in [6, 6.07) is 18.2. The number of hydrogen-bond donors (Lipinski definition) is 2. The molecule has 0 radical (unpaired) electrons. The molecule has 1 atom stereocenters. The number of anilines is 1. The van der Waals surface area contributed by atoms with Crippen molar-refractivity contribution in [3.8, 4) is 0 Å². The van der Waals surface area contributed by atoms with Gasteiger partial charge in [0.2, 0.25) is 0 Å². The zero-order valence-electron chi connectivity index (χ0n) is 13.4. The quantitative estimate of drug-likeness (QED) is 0.876. The molecule has 2 nitrogen and oxygen atoms in total. The van der Waals surface area contributed by atoms with Crippen molar-refractivity contribution in [2.75, 3.05) is 11.9 Å². The van der Waals surface area contributed by atoms with E-state index in [0.29, 0.717) is 6.54 Å². The Hall–Kier alpha value is -1.80. The average Bonchev–Trinajstić information content (AvgIpc) is 2.46. The second-order valence-electron chi connectivity index (χ2n) is 6.82. The molecule has 1 unspecified atom stereocenters. The summed E-state index contributed by atoms with van der Waals surface area (Å²) in [6.07, 6.45) is 0. The Morgan fingerprint density at radius 1 is 0.810 bits per heavy atom. The Labute approximate surface area is 127 Å². The van der Waals surface area contributed by atoms with Crippen LogP contribution >= 0.6 is 0 Å². The molecule has 0 aliphatic rings. The highest BCUT2D eigenvalue weighted by Gasteiger charge is 2.22. The molecule has 0 heterocycles. The smallest absolute Gasteiger partial charge is 0.104 e. The maximum absolute atomic E-state index is 10.6. The molecule has 2 aromatic rings. The number of nitrogens with one attached hydrogen (secondary N) is 1. The summed E-state index contributed by atoms with van der Waals surface area (Å²) in [6.45, 7) is 8.92. The van der Waals surface area contributed by atoms with Crippen LogP contribution in [0.5, 0.6) is 0 Å². The molecular formula is C19H25NO. The Balaban J connectivity index is 2.03. The van der Waals surface area contributed by atoms with E-state index in [1.54, 1.807) is 0 Å². The summed E-state index contributed by atoms with van der Waals surface area (Å²) in [5.74, 6) is 0. The van der Waals surface area contributed by atoms with E-state index in [-0.39, 0.29) is 5.41 Å². The summed E-state index contributed by atoms with van der Waals surface area (Å²) >= 11 is 0. The molecule has 21 heavy (non-hydrogen) atoms. The molecule has 2 rings (SSSR count). The van der Waals surface area contributed by atoms with Crippen LogP contribution in [0.1, 0.15) is 38.8 Å². The highest BCUT2D eigenvalue weighted by atomic mass is 16.3. The molecule has 2 heteroatoms. The van der Waals surface area contributed by atoms with Gasteiger partial charge in [0.25, 0.3) is 0 Å². The molecule has 0 saturated heterocycles. The third kappa shape index (κ3) is 4.08. The lowest BCUT2D eigenvalue weighted by molar-refractivity contribution is 0.0715. The minimum Gasteiger partial charge on any atom is -0.384 e. The van der Waals surface area contributed by atoms with Crippen LogP contribution in [0.3, 0.4) is 0 Å². The van der Waals surface area contributed by atoms with Gasteiger partial charge in [0, 0.05) is 12.2 Å². The summed E-state index contributed by atoms with van der Waals surface area (Å²) in [7, 11) is 0. The van der Waals surface area contributed by atoms with Gasteiger partial charge in [-0.1, -0.05) is 63.2 Å². The maximum Gasteiger partial charge on any atom is 0.104 e. The molecule has 0 aromatic heterocycles. The zero-order valence-corrected chi connectivity index (χ0v) is 13.4. The van der Waals surface area contributed by atoms with Crippen LogP contribution in [0.4, 0.5) is 5.69 Å². The van der Waals surface area contributed by atoms with Gasteiger partial charge in [-0.3, -0.25) is 0 Å². The standard InChI is InChI=1S/C19H25NO/c1-18(2,3)15-10-12-17(13-11-15)20-14-19(4,21)16-8-6-5-7-9-16/h5-13,20-21H,14H2,1-4H3. The van der Waals surface area contributed by atoms with Crippen molar-refractivity contribution in [3.63, 3.8) is 0 Å². The fraction of sp³-hybridized carbons (Fsp3) is 0.368. The first kappa shape index (κ1) is 15.6. The first-order valence-electron chi connectivity index (χ1n) is 7.41. The fourth-order valence-electron chi connectivity index (χ4n) is 2.26. The molecule has 0 fully saturated rings. The molecule has 112 valence electrons. The van der Waals surface area contributed by atoms with Crippen molar-refractivity contribution in [2.45, 2.75) is 38.7 Å². The van der Waals surface area contributed by atoms with E-state index in [1.807, 2.05) is 37.3 Å². The second-order valence-corrected chi connectivity index (χ2v) is 6.82. The Kier molecular flexibility index (Phi) is 4.38. The average molecular weight is 283 g/mol. The van der Waals surface area contributed by atoms with Gasteiger partial charge in [-0.05, 0) is 35.6 Å². The van der Waals surface area contributed by atoms with E-state index in [9.17, 15) is 5.11 Å². The van der Waals surface area contributed by atoms with Gasteiger partial charge >= 0.3 is 0 Å². The predicted octanol–water partition coefficient (Wildman–Crippen LogP) is 4.30. The van der Waals surface area contributed by atoms with Gasteiger partial charge < -0.3 is 10.4 Å². The van der Waals surface area contributed by atoms with Crippen molar-refractivity contribution >= 4 is 5.69 Å². The number of hydrogen-bond acceptors (Lipinski definition) is 2. The normalized spacial score (nSPS) is 14.5. The largest absolute Gasteiger partial charge is 0.384 e. The summed E-state index contributed by atoms with van der Waals surface area (Å²) in [5.41, 5.74) is 2.53. The minimum atomic E-state index is -0.885. The van der Waals surface area contributed by atoms with Crippen LogP contribution in [-0.4, -0.2) is 11.7 Å². The molecule has 0 saturated carbocycles. The minimum absolute atomic E-state index is 0.161. The van der Waals surface area contributed by atoms with Gasteiger partial charge in [-0.15, -0.1) is 0 Å². The highest BCUT2D eigenvalue weighted by molar-refractivity contribution is 5.46. The Bertz CT molecular complexity index is 565. The third-order valence-corrected chi connectivity index (χ3v) is 3.78. The fourth-order valence-corrected chi connectivity index (χ4v) is 2.26.